The third-order valence-corrected chi connectivity index (χ3v) is 6.02. The Labute approximate surface area is 130 Å². The van der Waals surface area contributed by atoms with E-state index < -0.39 is 0 Å². The van der Waals surface area contributed by atoms with Crippen LogP contribution < -0.4 is 5.32 Å². The van der Waals surface area contributed by atoms with Crippen LogP contribution in [0.3, 0.4) is 0 Å². The zero-order valence-electron chi connectivity index (χ0n) is 13.0. The normalized spacial score (nSPS) is 35.4. The average Bonchev–Trinajstić information content (AvgIpc) is 2.77. The predicted octanol–water partition coefficient (Wildman–Crippen LogP) is 2.84. The van der Waals surface area contributed by atoms with Gasteiger partial charge in [0.25, 0.3) is 0 Å². The van der Waals surface area contributed by atoms with E-state index in [4.69, 9.17) is 5.26 Å². The fraction of sp³-hybridized carbons (Fsp3) is 0.706. The number of carbonyl (C=O) groups is 1. The minimum atomic E-state index is 0.0436. The highest BCUT2D eigenvalue weighted by Crippen LogP contribution is 2.61. The molecular formula is C17H22N4O. The standard InChI is InChI=1S/C17H22N4O/c1-21-16(14(9-18)10-19-21)20-15(22)8-17-5-11-2-12(6-17)4-13(3-11)7-17/h10-13H,2-8H2,1H3,(H,20,22). The van der Waals surface area contributed by atoms with Gasteiger partial charge in [-0.15, -0.1) is 0 Å². The zero-order valence-corrected chi connectivity index (χ0v) is 13.0. The zero-order chi connectivity index (χ0) is 15.3. The van der Waals surface area contributed by atoms with Gasteiger partial charge >= 0.3 is 0 Å². The Morgan fingerprint density at radius 3 is 2.50 bits per heavy atom. The number of carbonyl (C=O) groups excluding carboxylic acids is 1. The smallest absolute Gasteiger partial charge is 0.226 e. The van der Waals surface area contributed by atoms with Crippen LogP contribution in [0.4, 0.5) is 5.82 Å². The summed E-state index contributed by atoms with van der Waals surface area (Å²) < 4.78 is 1.57. The monoisotopic (exact) mass is 298 g/mol. The lowest BCUT2D eigenvalue weighted by Gasteiger charge is -2.56. The van der Waals surface area contributed by atoms with Gasteiger partial charge in [-0.1, -0.05) is 0 Å². The minimum absolute atomic E-state index is 0.0436. The van der Waals surface area contributed by atoms with Crippen molar-refractivity contribution in [1.82, 2.24) is 9.78 Å². The predicted molar refractivity (Wildman–Crippen MR) is 81.8 cm³/mol. The first-order valence-electron chi connectivity index (χ1n) is 8.29. The van der Waals surface area contributed by atoms with Crippen molar-refractivity contribution in [3.05, 3.63) is 11.8 Å². The summed E-state index contributed by atoms with van der Waals surface area (Å²) in [6, 6.07) is 2.08. The van der Waals surface area contributed by atoms with Gasteiger partial charge in [0.2, 0.25) is 5.91 Å². The Hall–Kier alpha value is -1.83. The molecule has 5 heteroatoms. The third-order valence-electron chi connectivity index (χ3n) is 6.02. The third kappa shape index (κ3) is 2.22. The van der Waals surface area contributed by atoms with Gasteiger partial charge in [0.15, 0.2) is 0 Å². The van der Waals surface area contributed by atoms with Gasteiger partial charge in [-0.25, -0.2) is 0 Å². The summed E-state index contributed by atoms with van der Waals surface area (Å²) in [5.74, 6) is 3.13. The molecule has 0 aromatic carbocycles. The van der Waals surface area contributed by atoms with Gasteiger partial charge in [-0.05, 0) is 61.7 Å². The van der Waals surface area contributed by atoms with E-state index in [1.807, 2.05) is 0 Å². The highest BCUT2D eigenvalue weighted by atomic mass is 16.1. The van der Waals surface area contributed by atoms with Gasteiger partial charge in [-0.2, -0.15) is 10.4 Å². The Morgan fingerprint density at radius 1 is 1.36 bits per heavy atom. The fourth-order valence-corrected chi connectivity index (χ4v) is 5.69. The van der Waals surface area contributed by atoms with E-state index in [-0.39, 0.29) is 11.3 Å². The van der Waals surface area contributed by atoms with Crippen LogP contribution in [0.2, 0.25) is 0 Å². The van der Waals surface area contributed by atoms with Gasteiger partial charge in [-0.3, -0.25) is 9.48 Å². The van der Waals surface area contributed by atoms with Crippen molar-refractivity contribution in [2.45, 2.75) is 44.9 Å². The highest BCUT2D eigenvalue weighted by Gasteiger charge is 2.51. The molecule has 0 saturated heterocycles. The second-order valence-electron chi connectivity index (χ2n) is 7.78. The second kappa shape index (κ2) is 4.84. The van der Waals surface area contributed by atoms with E-state index in [0.29, 0.717) is 17.8 Å². The number of nitrogens with zero attached hydrogens (tertiary/aromatic N) is 3. The molecule has 1 amide bonds. The summed E-state index contributed by atoms with van der Waals surface area (Å²) in [7, 11) is 1.75. The molecule has 4 aliphatic carbocycles. The molecule has 116 valence electrons. The number of hydrogen-bond donors (Lipinski definition) is 1. The van der Waals surface area contributed by atoms with Crippen LogP contribution >= 0.6 is 0 Å². The van der Waals surface area contributed by atoms with Crippen LogP contribution in [0.15, 0.2) is 6.20 Å². The quantitative estimate of drug-likeness (QED) is 0.932. The van der Waals surface area contributed by atoms with Crippen LogP contribution in [-0.4, -0.2) is 15.7 Å². The van der Waals surface area contributed by atoms with E-state index >= 15 is 0 Å². The second-order valence-corrected chi connectivity index (χ2v) is 7.78. The van der Waals surface area contributed by atoms with Crippen molar-refractivity contribution in [3.8, 4) is 6.07 Å². The van der Waals surface area contributed by atoms with Gasteiger partial charge < -0.3 is 5.32 Å². The Morgan fingerprint density at radius 2 is 1.95 bits per heavy atom. The summed E-state index contributed by atoms with van der Waals surface area (Å²) in [4.78, 5) is 12.6. The first kappa shape index (κ1) is 13.8. The molecular weight excluding hydrogens is 276 g/mol. The average molecular weight is 298 g/mol. The molecule has 0 aliphatic heterocycles. The topological polar surface area (TPSA) is 70.7 Å². The molecule has 0 spiro atoms. The molecule has 0 atom stereocenters. The first-order chi connectivity index (χ1) is 10.6. The number of nitriles is 1. The number of aromatic nitrogens is 2. The summed E-state index contributed by atoms with van der Waals surface area (Å²) in [6.07, 6.45) is 9.95. The van der Waals surface area contributed by atoms with Crippen molar-refractivity contribution < 1.29 is 4.79 Å². The van der Waals surface area contributed by atoms with E-state index in [1.165, 1.54) is 44.7 Å². The summed E-state index contributed by atoms with van der Waals surface area (Å²) >= 11 is 0. The van der Waals surface area contributed by atoms with Gasteiger partial charge in [0.05, 0.1) is 6.20 Å². The number of aryl methyl sites for hydroxylation is 1. The molecule has 1 aromatic heterocycles. The molecule has 1 heterocycles. The Balaban J connectivity index is 1.48. The first-order valence-corrected chi connectivity index (χ1v) is 8.29. The molecule has 4 fully saturated rings. The Kier molecular flexibility index (Phi) is 3.04. The Bertz CT molecular complexity index is 619. The highest BCUT2D eigenvalue weighted by molar-refractivity contribution is 5.91. The van der Waals surface area contributed by atoms with Crippen molar-refractivity contribution in [1.29, 1.82) is 5.26 Å². The molecule has 5 rings (SSSR count). The van der Waals surface area contributed by atoms with Crippen LogP contribution in [0.25, 0.3) is 0 Å². The molecule has 5 nitrogen and oxygen atoms in total. The summed E-state index contributed by atoms with van der Waals surface area (Å²) in [5, 5.41) is 16.1. The van der Waals surface area contributed by atoms with E-state index in [0.717, 1.165) is 17.8 Å². The van der Waals surface area contributed by atoms with Crippen molar-refractivity contribution in [2.75, 3.05) is 5.32 Å². The molecule has 22 heavy (non-hydrogen) atoms. The summed E-state index contributed by atoms with van der Waals surface area (Å²) in [6.45, 7) is 0. The maximum absolute atomic E-state index is 12.6. The lowest BCUT2D eigenvalue weighted by Crippen LogP contribution is -2.47. The van der Waals surface area contributed by atoms with E-state index in [2.05, 4.69) is 16.5 Å². The molecule has 4 saturated carbocycles. The number of amides is 1. The molecule has 4 bridgehead atoms. The largest absolute Gasteiger partial charge is 0.310 e. The SMILES string of the molecule is Cn1ncc(C#N)c1NC(=O)CC12CC3CC(CC(C3)C1)C2. The van der Waals surface area contributed by atoms with Gasteiger partial charge in [0, 0.05) is 13.5 Å². The molecule has 1 N–H and O–H groups in total. The maximum atomic E-state index is 12.6. The lowest BCUT2D eigenvalue weighted by atomic mass is 9.49. The van der Waals surface area contributed by atoms with Crippen LogP contribution in [0, 0.1) is 34.5 Å². The van der Waals surface area contributed by atoms with Crippen molar-refractivity contribution in [2.24, 2.45) is 30.2 Å². The number of rotatable bonds is 3. The number of anilines is 1. The fourth-order valence-electron chi connectivity index (χ4n) is 5.69. The molecule has 1 aromatic rings. The van der Waals surface area contributed by atoms with Crippen LogP contribution in [-0.2, 0) is 11.8 Å². The van der Waals surface area contributed by atoms with Crippen molar-refractivity contribution >= 4 is 11.7 Å². The van der Waals surface area contributed by atoms with E-state index in [9.17, 15) is 4.79 Å². The minimum Gasteiger partial charge on any atom is -0.310 e. The lowest BCUT2D eigenvalue weighted by molar-refractivity contribution is -0.124. The molecule has 0 unspecified atom stereocenters. The van der Waals surface area contributed by atoms with E-state index in [1.54, 1.807) is 11.7 Å². The molecule has 4 aliphatic rings. The number of hydrogen-bond acceptors (Lipinski definition) is 3. The van der Waals surface area contributed by atoms with Gasteiger partial charge in [0.1, 0.15) is 17.5 Å². The van der Waals surface area contributed by atoms with Crippen LogP contribution in [0.5, 0.6) is 0 Å². The van der Waals surface area contributed by atoms with Crippen molar-refractivity contribution in [3.63, 3.8) is 0 Å². The van der Waals surface area contributed by atoms with Crippen LogP contribution in [0.1, 0.15) is 50.5 Å². The number of nitrogens with one attached hydrogen (secondary N) is 1. The molecule has 0 radical (unpaired) electrons. The maximum Gasteiger partial charge on any atom is 0.226 e. The summed E-state index contributed by atoms with van der Waals surface area (Å²) in [5.41, 5.74) is 0.658.